The van der Waals surface area contributed by atoms with Crippen molar-refractivity contribution < 1.29 is 13.2 Å². The summed E-state index contributed by atoms with van der Waals surface area (Å²) in [5.74, 6) is -0.483. The Morgan fingerprint density at radius 2 is 1.67 bits per heavy atom. The summed E-state index contributed by atoms with van der Waals surface area (Å²) >= 11 is 0. The molecule has 0 heterocycles. The van der Waals surface area contributed by atoms with Crippen LogP contribution in [-0.4, -0.2) is 14.3 Å². The summed E-state index contributed by atoms with van der Waals surface area (Å²) in [6, 6.07) is 6.37. The van der Waals surface area contributed by atoms with Gasteiger partial charge >= 0.3 is 0 Å². The first-order chi connectivity index (χ1) is 8.10. The van der Waals surface area contributed by atoms with Gasteiger partial charge < -0.3 is 0 Å². The predicted octanol–water partition coefficient (Wildman–Crippen LogP) is 2.24. The van der Waals surface area contributed by atoms with Gasteiger partial charge in [-0.15, -0.1) is 0 Å². The SMILES string of the molecule is Cc1ccc(S(=O)(=O)NC(=O)CC(C)(C)C)cc1. The van der Waals surface area contributed by atoms with E-state index in [0.29, 0.717) is 0 Å². The summed E-state index contributed by atoms with van der Waals surface area (Å²) in [7, 11) is -3.75. The highest BCUT2D eigenvalue weighted by atomic mass is 32.2. The first kappa shape index (κ1) is 14.7. The van der Waals surface area contributed by atoms with Crippen molar-refractivity contribution in [3.63, 3.8) is 0 Å². The van der Waals surface area contributed by atoms with Crippen molar-refractivity contribution in [2.45, 2.75) is 39.0 Å². The Bertz CT molecular complexity index is 524. The second-order valence-corrected chi connectivity index (χ2v) is 7.26. The van der Waals surface area contributed by atoms with Crippen LogP contribution >= 0.6 is 0 Å². The molecule has 0 spiro atoms. The van der Waals surface area contributed by atoms with Crippen LogP contribution < -0.4 is 4.72 Å². The van der Waals surface area contributed by atoms with Gasteiger partial charge in [0.25, 0.3) is 10.0 Å². The summed E-state index contributed by atoms with van der Waals surface area (Å²) in [6.07, 6.45) is 0.165. The lowest BCUT2D eigenvalue weighted by atomic mass is 9.92. The van der Waals surface area contributed by atoms with E-state index < -0.39 is 15.9 Å². The number of sulfonamides is 1. The van der Waals surface area contributed by atoms with Crippen molar-refractivity contribution in [1.29, 1.82) is 0 Å². The van der Waals surface area contributed by atoms with E-state index >= 15 is 0 Å². The molecule has 5 heteroatoms. The predicted molar refractivity (Wildman–Crippen MR) is 70.6 cm³/mol. The molecule has 0 saturated carbocycles. The Hall–Kier alpha value is -1.36. The third kappa shape index (κ3) is 4.49. The van der Waals surface area contributed by atoms with E-state index in [0.717, 1.165) is 5.56 Å². The molecule has 1 aromatic rings. The van der Waals surface area contributed by atoms with Gasteiger partial charge in [0.1, 0.15) is 0 Å². The molecule has 0 radical (unpaired) electrons. The zero-order chi connectivity index (χ0) is 14.0. The van der Waals surface area contributed by atoms with Crippen LogP contribution in [0.4, 0.5) is 0 Å². The fourth-order valence-corrected chi connectivity index (χ4v) is 2.43. The number of nitrogens with one attached hydrogen (secondary N) is 1. The number of amides is 1. The number of carbonyl (C=O) groups excluding carboxylic acids is 1. The number of benzene rings is 1. The maximum Gasteiger partial charge on any atom is 0.264 e. The molecule has 1 rings (SSSR count). The third-order valence-electron chi connectivity index (χ3n) is 2.27. The summed E-state index contributed by atoms with van der Waals surface area (Å²) in [6.45, 7) is 7.51. The highest BCUT2D eigenvalue weighted by molar-refractivity contribution is 7.90. The molecule has 0 aromatic heterocycles. The van der Waals surface area contributed by atoms with E-state index in [4.69, 9.17) is 0 Å². The quantitative estimate of drug-likeness (QED) is 0.915. The fraction of sp³-hybridized carbons (Fsp3) is 0.462. The second-order valence-electron chi connectivity index (χ2n) is 5.58. The lowest BCUT2D eigenvalue weighted by Gasteiger charge is -2.17. The standard InChI is InChI=1S/C13H19NO3S/c1-10-5-7-11(8-6-10)18(16,17)14-12(15)9-13(2,3)4/h5-8H,9H2,1-4H3,(H,14,15). The zero-order valence-electron chi connectivity index (χ0n) is 11.1. The molecule has 1 aromatic carbocycles. The molecule has 0 unspecified atom stereocenters. The highest BCUT2D eigenvalue weighted by Gasteiger charge is 2.21. The van der Waals surface area contributed by atoms with Crippen LogP contribution in [0.1, 0.15) is 32.8 Å². The van der Waals surface area contributed by atoms with Gasteiger partial charge in [-0.2, -0.15) is 0 Å². The summed E-state index contributed by atoms with van der Waals surface area (Å²) < 4.78 is 25.9. The minimum absolute atomic E-state index is 0.107. The van der Waals surface area contributed by atoms with Crippen molar-refractivity contribution in [2.75, 3.05) is 0 Å². The van der Waals surface area contributed by atoms with Gasteiger partial charge in [0.15, 0.2) is 0 Å². The van der Waals surface area contributed by atoms with Crippen LogP contribution in [0.25, 0.3) is 0 Å². The monoisotopic (exact) mass is 269 g/mol. The molecule has 0 aliphatic rings. The molecule has 1 N–H and O–H groups in total. The molecule has 1 amide bonds. The zero-order valence-corrected chi connectivity index (χ0v) is 12.0. The van der Waals surface area contributed by atoms with E-state index in [-0.39, 0.29) is 16.7 Å². The first-order valence-electron chi connectivity index (χ1n) is 5.72. The minimum Gasteiger partial charge on any atom is -0.274 e. The summed E-state index contributed by atoms with van der Waals surface area (Å²) in [5.41, 5.74) is 0.724. The van der Waals surface area contributed by atoms with Crippen molar-refractivity contribution in [1.82, 2.24) is 4.72 Å². The molecule has 100 valence electrons. The highest BCUT2D eigenvalue weighted by Crippen LogP contribution is 2.18. The molecule has 4 nitrogen and oxygen atoms in total. The molecule has 0 aliphatic carbocycles. The summed E-state index contributed by atoms with van der Waals surface area (Å²) in [5, 5.41) is 0. The van der Waals surface area contributed by atoms with Gasteiger partial charge in [-0.05, 0) is 24.5 Å². The lowest BCUT2D eigenvalue weighted by Crippen LogP contribution is -2.33. The van der Waals surface area contributed by atoms with E-state index in [9.17, 15) is 13.2 Å². The van der Waals surface area contributed by atoms with Crippen molar-refractivity contribution in [3.05, 3.63) is 29.8 Å². The fourth-order valence-electron chi connectivity index (χ4n) is 1.44. The van der Waals surface area contributed by atoms with Gasteiger partial charge in [-0.1, -0.05) is 38.5 Å². The van der Waals surface area contributed by atoms with Gasteiger partial charge in [-0.3, -0.25) is 4.79 Å². The third-order valence-corrected chi connectivity index (χ3v) is 3.66. The van der Waals surface area contributed by atoms with Gasteiger partial charge in [-0.25, -0.2) is 13.1 Å². The lowest BCUT2D eigenvalue weighted by molar-refractivity contribution is -0.121. The van der Waals surface area contributed by atoms with Crippen molar-refractivity contribution in [3.8, 4) is 0 Å². The number of hydrogen-bond acceptors (Lipinski definition) is 3. The van der Waals surface area contributed by atoms with Crippen LogP contribution in [0, 0.1) is 12.3 Å². The van der Waals surface area contributed by atoms with Crippen LogP contribution in [-0.2, 0) is 14.8 Å². The number of rotatable bonds is 3. The van der Waals surface area contributed by atoms with Crippen LogP contribution in [0.3, 0.4) is 0 Å². The minimum atomic E-state index is -3.75. The van der Waals surface area contributed by atoms with Crippen molar-refractivity contribution >= 4 is 15.9 Å². The second kappa shape index (κ2) is 5.10. The number of hydrogen-bond donors (Lipinski definition) is 1. The first-order valence-corrected chi connectivity index (χ1v) is 7.21. The molecule has 18 heavy (non-hydrogen) atoms. The van der Waals surface area contributed by atoms with Crippen molar-refractivity contribution in [2.24, 2.45) is 5.41 Å². The van der Waals surface area contributed by atoms with E-state index in [1.807, 2.05) is 27.7 Å². The normalized spacial score (nSPS) is 12.2. The number of carbonyl (C=O) groups is 1. The Balaban J connectivity index is 2.83. The maximum atomic E-state index is 11.9. The molecule has 0 fully saturated rings. The van der Waals surface area contributed by atoms with Crippen LogP contribution in [0.15, 0.2) is 29.2 Å². The Morgan fingerprint density at radius 3 is 2.11 bits per heavy atom. The average molecular weight is 269 g/mol. The van der Waals surface area contributed by atoms with Crippen LogP contribution in [0.2, 0.25) is 0 Å². The molecule has 0 bridgehead atoms. The van der Waals surface area contributed by atoms with E-state index in [1.54, 1.807) is 12.1 Å². The maximum absolute atomic E-state index is 11.9. The molecular formula is C13H19NO3S. The Kier molecular flexibility index (Phi) is 4.16. The number of aryl methyl sites for hydroxylation is 1. The van der Waals surface area contributed by atoms with Crippen LogP contribution in [0.5, 0.6) is 0 Å². The van der Waals surface area contributed by atoms with Gasteiger partial charge in [0.05, 0.1) is 4.90 Å². The smallest absolute Gasteiger partial charge is 0.264 e. The molecule has 0 aliphatic heterocycles. The Labute approximate surface area is 108 Å². The largest absolute Gasteiger partial charge is 0.274 e. The molecular weight excluding hydrogens is 250 g/mol. The average Bonchev–Trinajstić information content (AvgIpc) is 2.13. The molecule has 0 saturated heterocycles. The Morgan fingerprint density at radius 1 is 1.17 bits per heavy atom. The van der Waals surface area contributed by atoms with E-state index in [2.05, 4.69) is 4.72 Å². The van der Waals surface area contributed by atoms with E-state index in [1.165, 1.54) is 12.1 Å². The summed E-state index contributed by atoms with van der Waals surface area (Å²) in [4.78, 5) is 11.7. The van der Waals surface area contributed by atoms with Gasteiger partial charge in [0, 0.05) is 6.42 Å². The molecule has 0 atom stereocenters. The van der Waals surface area contributed by atoms with Gasteiger partial charge in [0.2, 0.25) is 5.91 Å². The topological polar surface area (TPSA) is 63.2 Å².